The number of nitrogens with two attached hydrogens (primary N) is 1. The van der Waals surface area contributed by atoms with Gasteiger partial charge in [-0.25, -0.2) is 0 Å². The number of fused-ring (bicyclic) bond motifs is 1. The Labute approximate surface area is 108 Å². The summed E-state index contributed by atoms with van der Waals surface area (Å²) >= 11 is 0. The van der Waals surface area contributed by atoms with Crippen LogP contribution in [0.2, 0.25) is 0 Å². The van der Waals surface area contributed by atoms with Crippen LogP contribution in [0.3, 0.4) is 0 Å². The molecule has 1 amide bonds. The number of benzene rings is 1. The van der Waals surface area contributed by atoms with E-state index >= 15 is 0 Å². The second-order valence-corrected chi connectivity index (χ2v) is 4.79. The Balaban J connectivity index is 2.21. The maximum Gasteiger partial charge on any atom is 0.231 e. The zero-order valence-electron chi connectivity index (χ0n) is 11.1. The Bertz CT molecular complexity index is 445. The third kappa shape index (κ3) is 2.40. The highest BCUT2D eigenvalue weighted by Gasteiger charge is 2.24. The lowest BCUT2D eigenvalue weighted by Crippen LogP contribution is -2.20. The first-order chi connectivity index (χ1) is 8.67. The van der Waals surface area contributed by atoms with Crippen molar-refractivity contribution in [1.82, 2.24) is 5.32 Å². The van der Waals surface area contributed by atoms with Gasteiger partial charge in [0.05, 0.1) is 6.42 Å². The van der Waals surface area contributed by atoms with E-state index in [1.807, 2.05) is 20.2 Å². The van der Waals surface area contributed by atoms with Crippen LogP contribution in [0.1, 0.15) is 30.0 Å². The van der Waals surface area contributed by atoms with Crippen molar-refractivity contribution in [3.8, 4) is 0 Å². The standard InChI is InChI=1S/C14H21N3O/c1-16-12(4-3-7-15)10-5-6-13-11(8-10)9-14(18)17(13)2/h5-6,8,12,16H,3-4,7,9,15H2,1-2H3. The smallest absolute Gasteiger partial charge is 0.231 e. The summed E-state index contributed by atoms with van der Waals surface area (Å²) in [6.07, 6.45) is 2.55. The van der Waals surface area contributed by atoms with Gasteiger partial charge in [-0.2, -0.15) is 0 Å². The van der Waals surface area contributed by atoms with Gasteiger partial charge >= 0.3 is 0 Å². The first kappa shape index (κ1) is 13.1. The van der Waals surface area contributed by atoms with E-state index in [1.165, 1.54) is 5.56 Å². The van der Waals surface area contributed by atoms with Crippen LogP contribution in [0, 0.1) is 0 Å². The van der Waals surface area contributed by atoms with Crippen molar-refractivity contribution < 1.29 is 4.79 Å². The first-order valence-electron chi connectivity index (χ1n) is 6.44. The van der Waals surface area contributed by atoms with Crippen LogP contribution in [0.4, 0.5) is 5.69 Å². The fourth-order valence-electron chi connectivity index (χ4n) is 2.51. The molecular formula is C14H21N3O. The average molecular weight is 247 g/mol. The molecule has 0 spiro atoms. The third-order valence-corrected chi connectivity index (χ3v) is 3.63. The molecule has 0 radical (unpaired) electrons. The second-order valence-electron chi connectivity index (χ2n) is 4.79. The van der Waals surface area contributed by atoms with Crippen LogP contribution >= 0.6 is 0 Å². The van der Waals surface area contributed by atoms with Crippen LogP contribution < -0.4 is 16.0 Å². The van der Waals surface area contributed by atoms with Crippen LogP contribution in [-0.2, 0) is 11.2 Å². The average Bonchev–Trinajstić information content (AvgIpc) is 2.66. The molecule has 0 saturated heterocycles. The summed E-state index contributed by atoms with van der Waals surface area (Å²) in [5.74, 6) is 0.171. The van der Waals surface area contributed by atoms with E-state index in [9.17, 15) is 4.79 Å². The molecule has 0 aliphatic carbocycles. The van der Waals surface area contributed by atoms with Gasteiger partial charge in [-0.1, -0.05) is 12.1 Å². The maximum absolute atomic E-state index is 11.6. The number of hydrogen-bond donors (Lipinski definition) is 2. The van der Waals surface area contributed by atoms with Crippen LogP contribution in [-0.4, -0.2) is 26.5 Å². The number of carbonyl (C=O) groups excluding carboxylic acids is 1. The SMILES string of the molecule is CNC(CCCN)c1ccc2c(c1)CC(=O)N2C. The molecule has 4 nitrogen and oxygen atoms in total. The van der Waals surface area contributed by atoms with Crippen molar-refractivity contribution in [2.24, 2.45) is 5.73 Å². The number of likely N-dealkylation sites (N-methyl/N-ethyl adjacent to an activating group) is 1. The summed E-state index contributed by atoms with van der Waals surface area (Å²) in [5.41, 5.74) is 8.97. The van der Waals surface area contributed by atoms with Gasteiger partial charge in [0.2, 0.25) is 5.91 Å². The molecule has 1 heterocycles. The highest BCUT2D eigenvalue weighted by atomic mass is 16.2. The lowest BCUT2D eigenvalue weighted by atomic mass is 9.99. The van der Waals surface area contributed by atoms with Gasteiger partial charge < -0.3 is 16.0 Å². The van der Waals surface area contributed by atoms with Gasteiger partial charge in [0.15, 0.2) is 0 Å². The first-order valence-corrected chi connectivity index (χ1v) is 6.44. The number of nitrogens with one attached hydrogen (secondary N) is 1. The molecule has 0 saturated carbocycles. The maximum atomic E-state index is 11.6. The normalized spacial score (nSPS) is 15.9. The topological polar surface area (TPSA) is 58.4 Å². The molecule has 98 valence electrons. The lowest BCUT2D eigenvalue weighted by molar-refractivity contribution is -0.117. The van der Waals surface area contributed by atoms with Gasteiger partial charge in [0.25, 0.3) is 0 Å². The molecule has 0 bridgehead atoms. The molecule has 1 aromatic carbocycles. The van der Waals surface area contributed by atoms with Gasteiger partial charge in [-0.15, -0.1) is 0 Å². The number of rotatable bonds is 5. The number of nitrogens with zero attached hydrogens (tertiary/aromatic N) is 1. The Morgan fingerprint density at radius 3 is 2.94 bits per heavy atom. The lowest BCUT2D eigenvalue weighted by Gasteiger charge is -2.18. The second kappa shape index (κ2) is 5.50. The molecule has 1 unspecified atom stereocenters. The monoisotopic (exact) mass is 247 g/mol. The van der Waals surface area contributed by atoms with Crippen molar-refractivity contribution >= 4 is 11.6 Å². The van der Waals surface area contributed by atoms with E-state index in [-0.39, 0.29) is 5.91 Å². The minimum absolute atomic E-state index is 0.171. The van der Waals surface area contributed by atoms with Crippen LogP contribution in [0.15, 0.2) is 18.2 Å². The molecule has 1 atom stereocenters. The number of carbonyl (C=O) groups is 1. The summed E-state index contributed by atoms with van der Waals surface area (Å²) in [5, 5.41) is 3.31. The Morgan fingerprint density at radius 1 is 1.50 bits per heavy atom. The minimum Gasteiger partial charge on any atom is -0.330 e. The van der Waals surface area contributed by atoms with E-state index in [0.717, 1.165) is 24.1 Å². The zero-order chi connectivity index (χ0) is 13.1. The van der Waals surface area contributed by atoms with E-state index in [0.29, 0.717) is 19.0 Å². The van der Waals surface area contributed by atoms with Crippen LogP contribution in [0.5, 0.6) is 0 Å². The Morgan fingerprint density at radius 2 is 2.28 bits per heavy atom. The molecule has 3 N–H and O–H groups in total. The van der Waals surface area contributed by atoms with E-state index in [4.69, 9.17) is 5.73 Å². The van der Waals surface area contributed by atoms with Crippen molar-refractivity contribution in [2.45, 2.75) is 25.3 Å². The highest BCUT2D eigenvalue weighted by molar-refractivity contribution is 6.00. The molecule has 4 heteroatoms. The fraction of sp³-hybridized carbons (Fsp3) is 0.500. The Kier molecular flexibility index (Phi) is 3.99. The Hall–Kier alpha value is -1.39. The molecule has 1 aliphatic heterocycles. The summed E-state index contributed by atoms with van der Waals surface area (Å²) < 4.78 is 0. The minimum atomic E-state index is 0.171. The highest BCUT2D eigenvalue weighted by Crippen LogP contribution is 2.30. The van der Waals surface area contributed by atoms with E-state index < -0.39 is 0 Å². The predicted molar refractivity (Wildman–Crippen MR) is 73.6 cm³/mol. The number of amides is 1. The van der Waals surface area contributed by atoms with Crippen molar-refractivity contribution in [3.63, 3.8) is 0 Å². The van der Waals surface area contributed by atoms with Crippen molar-refractivity contribution in [2.75, 3.05) is 25.5 Å². The summed E-state index contributed by atoms with van der Waals surface area (Å²) in [7, 11) is 3.80. The summed E-state index contributed by atoms with van der Waals surface area (Å²) in [6, 6.07) is 6.61. The molecule has 1 aliphatic rings. The molecule has 18 heavy (non-hydrogen) atoms. The molecule has 0 fully saturated rings. The number of anilines is 1. The predicted octanol–water partition coefficient (Wildman–Crippen LogP) is 1.20. The summed E-state index contributed by atoms with van der Waals surface area (Å²) in [4.78, 5) is 13.4. The largest absolute Gasteiger partial charge is 0.330 e. The molecule has 2 rings (SSSR count). The van der Waals surface area contributed by atoms with Gasteiger partial charge in [0.1, 0.15) is 0 Å². The number of hydrogen-bond acceptors (Lipinski definition) is 3. The van der Waals surface area contributed by atoms with Gasteiger partial charge in [0, 0.05) is 18.8 Å². The van der Waals surface area contributed by atoms with Crippen LogP contribution in [0.25, 0.3) is 0 Å². The summed E-state index contributed by atoms with van der Waals surface area (Å²) in [6.45, 7) is 0.713. The molecule has 1 aromatic rings. The third-order valence-electron chi connectivity index (χ3n) is 3.63. The molecular weight excluding hydrogens is 226 g/mol. The van der Waals surface area contributed by atoms with E-state index in [2.05, 4.69) is 17.4 Å². The quantitative estimate of drug-likeness (QED) is 0.822. The zero-order valence-corrected chi connectivity index (χ0v) is 11.1. The van der Waals surface area contributed by atoms with Crippen molar-refractivity contribution in [1.29, 1.82) is 0 Å². The van der Waals surface area contributed by atoms with Gasteiger partial charge in [-0.3, -0.25) is 4.79 Å². The van der Waals surface area contributed by atoms with Gasteiger partial charge in [-0.05, 0) is 43.6 Å². The van der Waals surface area contributed by atoms with Crippen molar-refractivity contribution in [3.05, 3.63) is 29.3 Å². The molecule has 0 aromatic heterocycles. The fourth-order valence-corrected chi connectivity index (χ4v) is 2.51. The van der Waals surface area contributed by atoms with E-state index in [1.54, 1.807) is 4.90 Å².